The third-order valence-corrected chi connectivity index (χ3v) is 2.37. The van der Waals surface area contributed by atoms with Gasteiger partial charge >= 0.3 is 0 Å². The molecule has 1 fully saturated rings. The predicted molar refractivity (Wildman–Crippen MR) is 44.4 cm³/mol. The molecule has 1 unspecified atom stereocenters. The molecule has 62 valence electrons. The van der Waals surface area contributed by atoms with Crippen LogP contribution in [0.1, 0.15) is 20.3 Å². The predicted octanol–water partition coefficient (Wildman–Crippen LogP) is 0.534. The molecule has 3 heteroatoms. The van der Waals surface area contributed by atoms with Crippen molar-refractivity contribution in [2.24, 2.45) is 11.8 Å². The highest BCUT2D eigenvalue weighted by molar-refractivity contribution is 6.11. The summed E-state index contributed by atoms with van der Waals surface area (Å²) in [6, 6.07) is -0.167. The second kappa shape index (κ2) is 3.59. The lowest BCUT2D eigenvalue weighted by Crippen LogP contribution is -2.24. The highest BCUT2D eigenvalue weighted by atomic mass is 16.5. The minimum Gasteiger partial charge on any atom is -0.394 e. The minimum atomic E-state index is -0.167. The maximum atomic E-state index is 8.92. The molecule has 2 radical (unpaired) electrons. The van der Waals surface area contributed by atoms with Gasteiger partial charge in [-0.15, -0.1) is 0 Å². The molecule has 0 aromatic rings. The van der Waals surface area contributed by atoms with Gasteiger partial charge in [0.2, 0.25) is 0 Å². The van der Waals surface area contributed by atoms with Gasteiger partial charge in [-0.1, -0.05) is 13.8 Å². The standard InChI is InChI=1S/C8H15BO2/c1-5(2)6-3-8(9)11-7(6)4-10/h5-8,10H,3-4H2,1-2H3/t6-,7?,8+/m0/s1. The summed E-state index contributed by atoms with van der Waals surface area (Å²) >= 11 is 0. The van der Waals surface area contributed by atoms with Crippen molar-refractivity contribution in [3.63, 3.8) is 0 Å². The van der Waals surface area contributed by atoms with E-state index in [1.165, 1.54) is 0 Å². The molecule has 1 aliphatic rings. The number of rotatable bonds is 2. The maximum absolute atomic E-state index is 8.92. The SMILES string of the molecule is [B][C@H]1C[C@@H](C(C)C)C(CO)O1. The molecule has 1 rings (SSSR count). The topological polar surface area (TPSA) is 29.5 Å². The minimum absolute atomic E-state index is 0.0370. The van der Waals surface area contributed by atoms with Gasteiger partial charge in [0.1, 0.15) is 7.85 Å². The number of hydrogen-bond acceptors (Lipinski definition) is 2. The average Bonchev–Trinajstić information content (AvgIpc) is 2.30. The van der Waals surface area contributed by atoms with Crippen molar-refractivity contribution in [1.29, 1.82) is 0 Å². The Morgan fingerprint density at radius 3 is 2.64 bits per heavy atom. The van der Waals surface area contributed by atoms with Crippen LogP contribution in [0, 0.1) is 11.8 Å². The fraction of sp³-hybridized carbons (Fsp3) is 1.00. The normalized spacial score (nSPS) is 38.4. The van der Waals surface area contributed by atoms with Gasteiger partial charge < -0.3 is 9.84 Å². The summed E-state index contributed by atoms with van der Waals surface area (Å²) in [4.78, 5) is 0. The fourth-order valence-electron chi connectivity index (χ4n) is 1.68. The van der Waals surface area contributed by atoms with Crippen LogP contribution in [-0.2, 0) is 4.74 Å². The highest BCUT2D eigenvalue weighted by Crippen LogP contribution is 2.30. The second-order valence-electron chi connectivity index (χ2n) is 3.54. The van der Waals surface area contributed by atoms with Crippen LogP contribution in [0.25, 0.3) is 0 Å². The summed E-state index contributed by atoms with van der Waals surface area (Å²) in [7, 11) is 5.60. The zero-order chi connectivity index (χ0) is 8.43. The number of aliphatic hydroxyl groups is 1. The molecule has 1 N–H and O–H groups in total. The fourth-order valence-corrected chi connectivity index (χ4v) is 1.68. The van der Waals surface area contributed by atoms with Crippen LogP contribution >= 0.6 is 0 Å². The molecular formula is C8H15BO2. The Morgan fingerprint density at radius 2 is 2.27 bits per heavy atom. The van der Waals surface area contributed by atoms with E-state index in [1.54, 1.807) is 0 Å². The van der Waals surface area contributed by atoms with Crippen molar-refractivity contribution in [1.82, 2.24) is 0 Å². The zero-order valence-electron chi connectivity index (χ0n) is 7.16. The van der Waals surface area contributed by atoms with E-state index in [9.17, 15) is 0 Å². The van der Waals surface area contributed by atoms with Gasteiger partial charge in [-0.05, 0) is 18.3 Å². The zero-order valence-corrected chi connectivity index (χ0v) is 7.16. The van der Waals surface area contributed by atoms with Crippen LogP contribution in [0.15, 0.2) is 0 Å². The first-order valence-electron chi connectivity index (χ1n) is 4.17. The first kappa shape index (κ1) is 9.08. The van der Waals surface area contributed by atoms with E-state index in [2.05, 4.69) is 13.8 Å². The highest BCUT2D eigenvalue weighted by Gasteiger charge is 2.33. The average molecular weight is 154 g/mol. The number of hydrogen-bond donors (Lipinski definition) is 1. The number of aliphatic hydroxyl groups excluding tert-OH is 1. The molecule has 11 heavy (non-hydrogen) atoms. The summed E-state index contributed by atoms with van der Waals surface area (Å²) < 4.78 is 5.31. The first-order chi connectivity index (χ1) is 5.15. The van der Waals surface area contributed by atoms with Gasteiger partial charge in [-0.25, -0.2) is 0 Å². The van der Waals surface area contributed by atoms with Crippen LogP contribution in [0.5, 0.6) is 0 Å². The molecule has 0 spiro atoms. The molecule has 0 aromatic heterocycles. The van der Waals surface area contributed by atoms with Crippen molar-refractivity contribution in [2.75, 3.05) is 6.61 Å². The monoisotopic (exact) mass is 154 g/mol. The van der Waals surface area contributed by atoms with E-state index >= 15 is 0 Å². The molecule has 1 aliphatic heterocycles. The summed E-state index contributed by atoms with van der Waals surface area (Å²) in [5.41, 5.74) is 0. The van der Waals surface area contributed by atoms with Crippen LogP contribution in [0.3, 0.4) is 0 Å². The molecule has 0 aliphatic carbocycles. The van der Waals surface area contributed by atoms with Gasteiger partial charge in [0.05, 0.1) is 12.7 Å². The smallest absolute Gasteiger partial charge is 0.109 e. The van der Waals surface area contributed by atoms with Gasteiger partial charge in [0.25, 0.3) is 0 Å². The van der Waals surface area contributed by atoms with E-state index in [4.69, 9.17) is 17.7 Å². The van der Waals surface area contributed by atoms with Crippen molar-refractivity contribution < 1.29 is 9.84 Å². The van der Waals surface area contributed by atoms with Crippen molar-refractivity contribution >= 4 is 7.85 Å². The largest absolute Gasteiger partial charge is 0.394 e. The molecular weight excluding hydrogens is 139 g/mol. The Balaban J connectivity index is 2.50. The maximum Gasteiger partial charge on any atom is 0.109 e. The second-order valence-corrected chi connectivity index (χ2v) is 3.54. The van der Waals surface area contributed by atoms with Crippen LogP contribution in [0.2, 0.25) is 0 Å². The quantitative estimate of drug-likeness (QED) is 0.588. The Labute approximate surface area is 69.3 Å². The molecule has 0 saturated carbocycles. The van der Waals surface area contributed by atoms with Crippen molar-refractivity contribution in [3.8, 4) is 0 Å². The lowest BCUT2D eigenvalue weighted by Gasteiger charge is -2.19. The summed E-state index contributed by atoms with van der Waals surface area (Å²) in [5.74, 6) is 0.968. The summed E-state index contributed by atoms with van der Waals surface area (Å²) in [6.07, 6.45) is 0.841. The van der Waals surface area contributed by atoms with E-state index in [1.807, 2.05) is 0 Å². The first-order valence-corrected chi connectivity index (χ1v) is 4.17. The van der Waals surface area contributed by atoms with E-state index in [0.29, 0.717) is 11.8 Å². The van der Waals surface area contributed by atoms with Gasteiger partial charge in [0, 0.05) is 6.00 Å². The van der Waals surface area contributed by atoms with Crippen LogP contribution in [0.4, 0.5) is 0 Å². The molecule has 1 heterocycles. The van der Waals surface area contributed by atoms with Crippen molar-refractivity contribution in [3.05, 3.63) is 0 Å². The van der Waals surface area contributed by atoms with Gasteiger partial charge in [-0.3, -0.25) is 0 Å². The Hall–Kier alpha value is -0.0151. The molecule has 0 aromatic carbocycles. The molecule has 3 atom stereocenters. The molecule has 0 bridgehead atoms. The molecule has 2 nitrogen and oxygen atoms in total. The Kier molecular flexibility index (Phi) is 2.96. The van der Waals surface area contributed by atoms with Crippen LogP contribution < -0.4 is 0 Å². The third-order valence-electron chi connectivity index (χ3n) is 2.37. The Morgan fingerprint density at radius 1 is 1.64 bits per heavy atom. The molecule has 0 amide bonds. The lowest BCUT2D eigenvalue weighted by molar-refractivity contribution is 0.0187. The van der Waals surface area contributed by atoms with E-state index < -0.39 is 0 Å². The van der Waals surface area contributed by atoms with Crippen LogP contribution in [-0.4, -0.2) is 31.7 Å². The van der Waals surface area contributed by atoms with Gasteiger partial charge in [0.15, 0.2) is 0 Å². The Bertz CT molecular complexity index is 127. The summed E-state index contributed by atoms with van der Waals surface area (Å²) in [5, 5.41) is 8.92. The van der Waals surface area contributed by atoms with Crippen molar-refractivity contribution in [2.45, 2.75) is 32.4 Å². The number of ether oxygens (including phenoxy) is 1. The van der Waals surface area contributed by atoms with Gasteiger partial charge in [-0.2, -0.15) is 0 Å². The molecule has 1 saturated heterocycles. The third kappa shape index (κ3) is 1.97. The summed E-state index contributed by atoms with van der Waals surface area (Å²) in [6.45, 7) is 4.36. The lowest BCUT2D eigenvalue weighted by atomic mass is 9.84. The van der Waals surface area contributed by atoms with E-state index in [0.717, 1.165) is 6.42 Å². The van der Waals surface area contributed by atoms with E-state index in [-0.39, 0.29) is 18.7 Å².